The molecule has 2 heteroatoms. The van der Waals surface area contributed by atoms with Crippen molar-refractivity contribution < 1.29 is 4.74 Å². The van der Waals surface area contributed by atoms with Gasteiger partial charge in [-0.25, -0.2) is 0 Å². The highest BCUT2D eigenvalue weighted by atomic mass is 16.5. The third kappa shape index (κ3) is 4.11. The lowest BCUT2D eigenvalue weighted by molar-refractivity contribution is 0.303. The molecule has 0 aliphatic heterocycles. The molecule has 3 rings (SSSR count). The molecule has 1 fully saturated rings. The largest absolute Gasteiger partial charge is 0.489 e. The Morgan fingerprint density at radius 3 is 2.32 bits per heavy atom. The Hall–Kier alpha value is -1.80. The molecule has 0 bridgehead atoms. The molecule has 2 aromatic carbocycles. The van der Waals surface area contributed by atoms with Gasteiger partial charge in [0, 0.05) is 6.04 Å². The molecule has 0 radical (unpaired) electrons. The monoisotopic (exact) mass is 295 g/mol. The van der Waals surface area contributed by atoms with Crippen LogP contribution in [0.4, 0.5) is 0 Å². The third-order valence-corrected chi connectivity index (χ3v) is 4.64. The van der Waals surface area contributed by atoms with Crippen LogP contribution in [0.1, 0.15) is 36.8 Å². The summed E-state index contributed by atoms with van der Waals surface area (Å²) in [5, 5.41) is 0. The van der Waals surface area contributed by atoms with Crippen LogP contribution in [0.2, 0.25) is 0 Å². The minimum absolute atomic E-state index is 0.378. The van der Waals surface area contributed by atoms with Gasteiger partial charge in [-0.05, 0) is 48.4 Å². The Kier molecular flexibility index (Phi) is 5.12. The molecule has 2 unspecified atom stereocenters. The minimum Gasteiger partial charge on any atom is -0.489 e. The summed E-state index contributed by atoms with van der Waals surface area (Å²) in [6.45, 7) is 0.619. The molecule has 0 amide bonds. The summed E-state index contributed by atoms with van der Waals surface area (Å²) in [5.41, 5.74) is 8.81. The molecular formula is C20H25NO. The minimum atomic E-state index is 0.378. The van der Waals surface area contributed by atoms with Crippen molar-refractivity contribution in [2.75, 3.05) is 0 Å². The highest BCUT2D eigenvalue weighted by Gasteiger charge is 2.21. The SMILES string of the molecule is NC1CCCCC1Cc1ccc(OCc2ccccc2)cc1. The summed E-state index contributed by atoms with van der Waals surface area (Å²) >= 11 is 0. The van der Waals surface area contributed by atoms with Crippen molar-refractivity contribution >= 4 is 0 Å². The van der Waals surface area contributed by atoms with Gasteiger partial charge >= 0.3 is 0 Å². The second-order valence-electron chi connectivity index (χ2n) is 6.33. The van der Waals surface area contributed by atoms with E-state index in [2.05, 4.69) is 36.4 Å². The van der Waals surface area contributed by atoms with Crippen LogP contribution < -0.4 is 10.5 Å². The molecule has 1 aliphatic carbocycles. The lowest BCUT2D eigenvalue weighted by Crippen LogP contribution is -2.34. The first-order chi connectivity index (χ1) is 10.8. The molecule has 0 aromatic heterocycles. The maximum atomic E-state index is 6.24. The zero-order valence-corrected chi connectivity index (χ0v) is 13.1. The van der Waals surface area contributed by atoms with Crippen LogP contribution >= 0.6 is 0 Å². The molecule has 2 aromatic rings. The Labute approximate surface area is 133 Å². The van der Waals surface area contributed by atoms with Gasteiger partial charge < -0.3 is 10.5 Å². The molecule has 1 aliphatic rings. The first-order valence-corrected chi connectivity index (χ1v) is 8.32. The Morgan fingerprint density at radius 1 is 0.864 bits per heavy atom. The van der Waals surface area contributed by atoms with Gasteiger partial charge in [0.25, 0.3) is 0 Å². The zero-order valence-electron chi connectivity index (χ0n) is 13.1. The highest BCUT2D eigenvalue weighted by Crippen LogP contribution is 2.27. The van der Waals surface area contributed by atoms with Gasteiger partial charge in [-0.3, -0.25) is 0 Å². The Bertz CT molecular complexity index is 564. The van der Waals surface area contributed by atoms with Gasteiger partial charge in [-0.2, -0.15) is 0 Å². The van der Waals surface area contributed by atoms with Crippen molar-refractivity contribution in [1.29, 1.82) is 0 Å². The fourth-order valence-corrected chi connectivity index (χ4v) is 3.26. The van der Waals surface area contributed by atoms with Crippen molar-refractivity contribution in [3.05, 3.63) is 65.7 Å². The zero-order chi connectivity index (χ0) is 15.2. The van der Waals surface area contributed by atoms with Crippen molar-refractivity contribution in [1.82, 2.24) is 0 Å². The normalized spacial score (nSPS) is 21.5. The highest BCUT2D eigenvalue weighted by molar-refractivity contribution is 5.28. The summed E-state index contributed by atoms with van der Waals surface area (Å²) in [6, 6.07) is 19.2. The average molecular weight is 295 g/mol. The maximum Gasteiger partial charge on any atom is 0.119 e. The molecule has 2 nitrogen and oxygen atoms in total. The Morgan fingerprint density at radius 2 is 1.59 bits per heavy atom. The summed E-state index contributed by atoms with van der Waals surface area (Å²) < 4.78 is 5.83. The van der Waals surface area contributed by atoms with Crippen molar-refractivity contribution in [3.8, 4) is 5.75 Å². The van der Waals surface area contributed by atoms with Crippen LogP contribution in [-0.4, -0.2) is 6.04 Å². The van der Waals surface area contributed by atoms with Crippen molar-refractivity contribution in [2.24, 2.45) is 11.7 Å². The first kappa shape index (κ1) is 15.1. The standard InChI is InChI=1S/C20H25NO/c21-20-9-5-4-8-18(20)14-16-10-12-19(13-11-16)22-15-17-6-2-1-3-7-17/h1-3,6-7,10-13,18,20H,4-5,8-9,14-15,21H2. The molecule has 22 heavy (non-hydrogen) atoms. The van der Waals surface area contributed by atoms with E-state index in [9.17, 15) is 0 Å². The second-order valence-corrected chi connectivity index (χ2v) is 6.33. The summed E-state index contributed by atoms with van der Waals surface area (Å²) in [5.74, 6) is 1.57. The van der Waals surface area contributed by atoms with E-state index >= 15 is 0 Å². The molecule has 0 saturated heterocycles. The molecule has 2 atom stereocenters. The van der Waals surface area contributed by atoms with Crippen LogP contribution in [0.3, 0.4) is 0 Å². The van der Waals surface area contributed by atoms with Gasteiger partial charge in [0.05, 0.1) is 0 Å². The lowest BCUT2D eigenvalue weighted by Gasteiger charge is -2.28. The van der Waals surface area contributed by atoms with E-state index in [1.54, 1.807) is 0 Å². The number of nitrogens with two attached hydrogens (primary N) is 1. The quantitative estimate of drug-likeness (QED) is 0.891. The maximum absolute atomic E-state index is 6.24. The number of ether oxygens (including phenoxy) is 1. The predicted octanol–water partition coefficient (Wildman–Crippen LogP) is 4.33. The first-order valence-electron chi connectivity index (χ1n) is 8.32. The number of hydrogen-bond acceptors (Lipinski definition) is 2. The van der Waals surface area contributed by atoms with E-state index in [1.807, 2.05) is 18.2 Å². The predicted molar refractivity (Wildman–Crippen MR) is 90.9 cm³/mol. The van der Waals surface area contributed by atoms with Gasteiger partial charge in [0.1, 0.15) is 12.4 Å². The fourth-order valence-electron chi connectivity index (χ4n) is 3.26. The molecular weight excluding hydrogens is 270 g/mol. The van der Waals surface area contributed by atoms with Crippen LogP contribution in [0.15, 0.2) is 54.6 Å². The van der Waals surface area contributed by atoms with Gasteiger partial charge in [-0.15, -0.1) is 0 Å². The number of rotatable bonds is 5. The molecule has 1 saturated carbocycles. The average Bonchev–Trinajstić information content (AvgIpc) is 2.57. The molecule has 0 spiro atoms. The van der Waals surface area contributed by atoms with Gasteiger partial charge in [-0.1, -0.05) is 55.3 Å². The third-order valence-electron chi connectivity index (χ3n) is 4.64. The van der Waals surface area contributed by atoms with E-state index < -0.39 is 0 Å². The van der Waals surface area contributed by atoms with Gasteiger partial charge in [0.2, 0.25) is 0 Å². The smallest absolute Gasteiger partial charge is 0.119 e. The van der Waals surface area contributed by atoms with E-state index in [4.69, 9.17) is 10.5 Å². The molecule has 116 valence electrons. The van der Waals surface area contributed by atoms with Crippen LogP contribution in [0.25, 0.3) is 0 Å². The topological polar surface area (TPSA) is 35.2 Å². The fraction of sp³-hybridized carbons (Fsp3) is 0.400. The van der Waals surface area contributed by atoms with E-state index in [0.717, 1.165) is 12.2 Å². The lowest BCUT2D eigenvalue weighted by atomic mass is 9.81. The van der Waals surface area contributed by atoms with Crippen LogP contribution in [-0.2, 0) is 13.0 Å². The summed E-state index contributed by atoms with van der Waals surface area (Å²) in [6.07, 6.45) is 6.18. The molecule has 0 heterocycles. The van der Waals surface area contributed by atoms with E-state index in [0.29, 0.717) is 18.6 Å². The van der Waals surface area contributed by atoms with Crippen molar-refractivity contribution in [2.45, 2.75) is 44.8 Å². The van der Waals surface area contributed by atoms with E-state index in [1.165, 1.54) is 36.8 Å². The second kappa shape index (κ2) is 7.46. The molecule has 2 N–H and O–H groups in total. The van der Waals surface area contributed by atoms with Crippen LogP contribution in [0, 0.1) is 5.92 Å². The number of hydrogen-bond donors (Lipinski definition) is 1. The summed E-state index contributed by atoms with van der Waals surface area (Å²) in [4.78, 5) is 0. The van der Waals surface area contributed by atoms with E-state index in [-0.39, 0.29) is 0 Å². The number of benzene rings is 2. The van der Waals surface area contributed by atoms with Crippen molar-refractivity contribution in [3.63, 3.8) is 0 Å². The van der Waals surface area contributed by atoms with Crippen LogP contribution in [0.5, 0.6) is 5.75 Å². The summed E-state index contributed by atoms with van der Waals surface area (Å²) in [7, 11) is 0. The Balaban J connectivity index is 1.53. The van der Waals surface area contributed by atoms with Gasteiger partial charge in [0.15, 0.2) is 0 Å².